The van der Waals surface area contributed by atoms with Gasteiger partial charge in [0.2, 0.25) is 10.0 Å². The van der Waals surface area contributed by atoms with Gasteiger partial charge >= 0.3 is 0 Å². The molecule has 3 rings (SSSR count). The lowest BCUT2D eigenvalue weighted by Gasteiger charge is -2.32. The minimum Gasteiger partial charge on any atom is -0.384 e. The van der Waals surface area contributed by atoms with E-state index in [0.29, 0.717) is 39.0 Å². The lowest BCUT2D eigenvalue weighted by atomic mass is 10.1. The average Bonchev–Trinajstić information content (AvgIpc) is 3.09. The highest BCUT2D eigenvalue weighted by Gasteiger charge is 2.31. The summed E-state index contributed by atoms with van der Waals surface area (Å²) in [5, 5.41) is 8.38. The summed E-state index contributed by atoms with van der Waals surface area (Å²) < 4.78 is 34.2. The molecule has 1 aliphatic heterocycles. The maximum atomic E-state index is 12.8. The monoisotopic (exact) mass is 384 g/mol. The molecular weight excluding hydrogens is 364 g/mol. The highest BCUT2D eigenvalue weighted by atomic mass is 35.5. The quantitative estimate of drug-likeness (QED) is 0.762. The zero-order chi connectivity index (χ0) is 17.9. The Hall–Kier alpha value is -1.48. The molecular formula is C16H21ClN4O3S. The number of rotatable bonds is 6. The summed E-state index contributed by atoms with van der Waals surface area (Å²) in [5.41, 5.74) is 0. The number of hydrogen-bond donors (Lipinski definition) is 0. The van der Waals surface area contributed by atoms with Gasteiger partial charge in [-0.3, -0.25) is 0 Å². The molecule has 0 atom stereocenters. The number of sulfonamides is 1. The molecule has 136 valence electrons. The van der Waals surface area contributed by atoms with E-state index in [1.165, 1.54) is 4.31 Å². The smallest absolute Gasteiger partial charge is 0.244 e. The molecule has 0 aliphatic carbocycles. The predicted octanol–water partition coefficient (Wildman–Crippen LogP) is 2.15. The first-order valence-corrected chi connectivity index (χ1v) is 9.98. The van der Waals surface area contributed by atoms with E-state index in [-0.39, 0.29) is 16.0 Å². The number of aromatic nitrogens is 3. The summed E-state index contributed by atoms with van der Waals surface area (Å²) in [6.45, 7) is 1.47. The standard InChI is InChI=1S/C16H21ClN4O3S/c1-24-11-8-16-19-18-12-21(16)13-6-9-20(10-7-13)25(22,23)15-5-3-2-4-14(15)17/h2-5,12-13H,6-11H2,1H3. The third-order valence-electron chi connectivity index (χ3n) is 4.45. The van der Waals surface area contributed by atoms with E-state index in [4.69, 9.17) is 16.3 Å². The molecule has 0 saturated carbocycles. The molecule has 1 saturated heterocycles. The molecule has 0 unspecified atom stereocenters. The van der Waals surface area contributed by atoms with Crippen molar-refractivity contribution in [2.24, 2.45) is 0 Å². The van der Waals surface area contributed by atoms with Gasteiger partial charge in [-0.05, 0) is 25.0 Å². The zero-order valence-electron chi connectivity index (χ0n) is 14.0. The van der Waals surface area contributed by atoms with Crippen LogP contribution in [-0.4, -0.2) is 54.3 Å². The van der Waals surface area contributed by atoms with Crippen molar-refractivity contribution in [2.45, 2.75) is 30.2 Å². The zero-order valence-corrected chi connectivity index (χ0v) is 15.6. The fourth-order valence-corrected chi connectivity index (χ4v) is 5.06. The van der Waals surface area contributed by atoms with Crippen molar-refractivity contribution in [1.29, 1.82) is 0 Å². The predicted molar refractivity (Wildman–Crippen MR) is 94.1 cm³/mol. The van der Waals surface area contributed by atoms with Crippen molar-refractivity contribution in [1.82, 2.24) is 19.1 Å². The average molecular weight is 385 g/mol. The van der Waals surface area contributed by atoms with Crippen molar-refractivity contribution < 1.29 is 13.2 Å². The van der Waals surface area contributed by atoms with Gasteiger partial charge in [-0.1, -0.05) is 23.7 Å². The lowest BCUT2D eigenvalue weighted by Crippen LogP contribution is -2.39. The van der Waals surface area contributed by atoms with Crippen LogP contribution in [0, 0.1) is 0 Å². The fraction of sp³-hybridized carbons (Fsp3) is 0.500. The number of halogens is 1. The molecule has 0 amide bonds. The van der Waals surface area contributed by atoms with E-state index in [1.807, 2.05) is 4.57 Å². The van der Waals surface area contributed by atoms with E-state index in [9.17, 15) is 8.42 Å². The Bertz CT molecular complexity index is 816. The van der Waals surface area contributed by atoms with Crippen LogP contribution in [-0.2, 0) is 21.2 Å². The van der Waals surface area contributed by atoms with Crippen LogP contribution in [0.2, 0.25) is 5.02 Å². The minimum atomic E-state index is -3.57. The third-order valence-corrected chi connectivity index (χ3v) is 6.85. The van der Waals surface area contributed by atoms with Crippen molar-refractivity contribution in [3.05, 3.63) is 41.4 Å². The molecule has 0 radical (unpaired) electrons. The highest BCUT2D eigenvalue weighted by Crippen LogP contribution is 2.30. The molecule has 25 heavy (non-hydrogen) atoms. The SMILES string of the molecule is COCCc1nncn1C1CCN(S(=O)(=O)c2ccccc2Cl)CC1. The van der Waals surface area contributed by atoms with E-state index < -0.39 is 10.0 Å². The van der Waals surface area contributed by atoms with Crippen LogP contribution in [0.1, 0.15) is 24.7 Å². The summed E-state index contributed by atoms with van der Waals surface area (Å²) in [4.78, 5) is 0.167. The molecule has 0 spiro atoms. The van der Waals surface area contributed by atoms with Crippen LogP contribution >= 0.6 is 11.6 Å². The molecule has 0 bridgehead atoms. The second-order valence-corrected chi connectivity index (χ2v) is 8.28. The summed E-state index contributed by atoms with van der Waals surface area (Å²) in [6.07, 6.45) is 3.83. The van der Waals surface area contributed by atoms with Crippen molar-refractivity contribution in [2.75, 3.05) is 26.8 Å². The Kier molecular flexibility index (Phi) is 5.73. The van der Waals surface area contributed by atoms with E-state index in [0.717, 1.165) is 5.82 Å². The number of ether oxygens (including phenoxy) is 1. The normalized spacial score (nSPS) is 17.0. The Balaban J connectivity index is 1.70. The maximum absolute atomic E-state index is 12.8. The van der Waals surface area contributed by atoms with Crippen LogP contribution in [0.15, 0.2) is 35.5 Å². The van der Waals surface area contributed by atoms with E-state index >= 15 is 0 Å². The summed E-state index contributed by atoms with van der Waals surface area (Å²) in [6, 6.07) is 6.75. The summed E-state index contributed by atoms with van der Waals surface area (Å²) >= 11 is 6.07. The first kappa shape index (κ1) is 18.3. The second kappa shape index (κ2) is 7.82. The van der Waals surface area contributed by atoms with Gasteiger partial charge in [-0.2, -0.15) is 4.31 Å². The summed E-state index contributed by atoms with van der Waals surface area (Å²) in [7, 11) is -1.92. The molecule has 1 aromatic heterocycles. The van der Waals surface area contributed by atoms with Gasteiger partial charge in [0, 0.05) is 32.7 Å². The number of piperidine rings is 1. The van der Waals surface area contributed by atoms with Gasteiger partial charge in [-0.25, -0.2) is 8.42 Å². The molecule has 9 heteroatoms. The first-order valence-electron chi connectivity index (χ1n) is 8.16. The van der Waals surface area contributed by atoms with Crippen LogP contribution in [0.5, 0.6) is 0 Å². The largest absolute Gasteiger partial charge is 0.384 e. The van der Waals surface area contributed by atoms with Crippen molar-refractivity contribution >= 4 is 21.6 Å². The van der Waals surface area contributed by atoms with E-state index in [2.05, 4.69) is 10.2 Å². The van der Waals surface area contributed by atoms with Gasteiger partial charge in [0.25, 0.3) is 0 Å². The number of hydrogen-bond acceptors (Lipinski definition) is 5. The van der Waals surface area contributed by atoms with Gasteiger partial charge in [0.1, 0.15) is 17.0 Å². The maximum Gasteiger partial charge on any atom is 0.244 e. The van der Waals surface area contributed by atoms with Crippen LogP contribution in [0.4, 0.5) is 0 Å². The second-order valence-electron chi connectivity index (χ2n) is 5.96. The van der Waals surface area contributed by atoms with Crippen molar-refractivity contribution in [3.63, 3.8) is 0 Å². The Morgan fingerprint density at radius 2 is 2.00 bits per heavy atom. The fourth-order valence-electron chi connectivity index (χ4n) is 3.10. The van der Waals surface area contributed by atoms with Crippen LogP contribution in [0.25, 0.3) is 0 Å². The molecule has 1 aliphatic rings. The summed E-state index contributed by atoms with van der Waals surface area (Å²) in [5.74, 6) is 0.870. The Labute approximate surface area is 152 Å². The molecule has 1 aromatic carbocycles. The molecule has 2 heterocycles. The number of methoxy groups -OCH3 is 1. The third kappa shape index (κ3) is 3.87. The van der Waals surface area contributed by atoms with Gasteiger partial charge in [-0.15, -0.1) is 10.2 Å². The minimum absolute atomic E-state index is 0.167. The molecule has 7 nitrogen and oxygen atoms in total. The van der Waals surface area contributed by atoms with Gasteiger partial charge in [0.15, 0.2) is 0 Å². The molecule has 0 N–H and O–H groups in total. The van der Waals surface area contributed by atoms with E-state index in [1.54, 1.807) is 37.7 Å². The molecule has 2 aromatic rings. The Morgan fingerprint density at radius 3 is 2.68 bits per heavy atom. The van der Waals surface area contributed by atoms with Crippen LogP contribution < -0.4 is 0 Å². The van der Waals surface area contributed by atoms with Crippen molar-refractivity contribution in [3.8, 4) is 0 Å². The first-order chi connectivity index (χ1) is 12.0. The van der Waals surface area contributed by atoms with Gasteiger partial charge < -0.3 is 9.30 Å². The highest BCUT2D eigenvalue weighted by molar-refractivity contribution is 7.89. The van der Waals surface area contributed by atoms with Crippen LogP contribution in [0.3, 0.4) is 0 Å². The Morgan fingerprint density at radius 1 is 1.28 bits per heavy atom. The number of benzene rings is 1. The lowest BCUT2D eigenvalue weighted by molar-refractivity contribution is 0.197. The van der Waals surface area contributed by atoms with Gasteiger partial charge in [0.05, 0.1) is 11.6 Å². The topological polar surface area (TPSA) is 77.3 Å². The number of nitrogens with zero attached hydrogens (tertiary/aromatic N) is 4. The molecule has 1 fully saturated rings.